The molecule has 0 bridgehead atoms. The van der Waals surface area contributed by atoms with E-state index in [4.69, 9.17) is 14.2 Å². The van der Waals surface area contributed by atoms with E-state index in [9.17, 15) is 4.79 Å². The molecule has 0 aliphatic carbocycles. The topological polar surface area (TPSA) is 60.0 Å². The van der Waals surface area contributed by atoms with E-state index in [1.807, 2.05) is 62.2 Å². The van der Waals surface area contributed by atoms with Crippen molar-refractivity contribution in [1.29, 1.82) is 0 Å². The van der Waals surface area contributed by atoms with Gasteiger partial charge in [-0.1, -0.05) is 12.1 Å². The molecule has 1 aliphatic heterocycles. The highest BCUT2D eigenvalue weighted by molar-refractivity contribution is 5.94. The monoisotopic (exact) mass is 370 g/mol. The number of hydrogen-bond acceptors (Lipinski definition) is 5. The molecule has 0 saturated heterocycles. The fraction of sp³-hybridized carbons (Fsp3) is 0.381. The van der Waals surface area contributed by atoms with E-state index in [2.05, 4.69) is 5.32 Å². The number of likely N-dealkylation sites (N-methyl/N-ethyl adjacent to an activating group) is 1. The van der Waals surface area contributed by atoms with Gasteiger partial charge in [-0.3, -0.25) is 9.69 Å². The van der Waals surface area contributed by atoms with Crippen LogP contribution in [0.5, 0.6) is 17.2 Å². The first-order chi connectivity index (χ1) is 13.1. The predicted molar refractivity (Wildman–Crippen MR) is 105 cm³/mol. The van der Waals surface area contributed by atoms with Gasteiger partial charge in [0.15, 0.2) is 11.5 Å². The molecule has 0 spiro atoms. The minimum absolute atomic E-state index is 0.0693. The highest BCUT2D eigenvalue weighted by atomic mass is 16.6. The van der Waals surface area contributed by atoms with Crippen molar-refractivity contribution < 1.29 is 19.0 Å². The van der Waals surface area contributed by atoms with Crippen LogP contribution in [-0.4, -0.2) is 43.7 Å². The average Bonchev–Trinajstić information content (AvgIpc) is 2.69. The van der Waals surface area contributed by atoms with Crippen molar-refractivity contribution in [3.05, 3.63) is 48.0 Å². The lowest BCUT2D eigenvalue weighted by Crippen LogP contribution is -2.39. The van der Waals surface area contributed by atoms with Gasteiger partial charge in [0.1, 0.15) is 19.0 Å². The Kier molecular flexibility index (Phi) is 6.19. The SMILES string of the molecule is CCOc1ccc(CN(C)[C@H](C)C(=O)Nc2ccc3c(c2)OCCO3)cc1. The van der Waals surface area contributed by atoms with Crippen LogP contribution in [0.3, 0.4) is 0 Å². The Bertz CT molecular complexity index is 776. The van der Waals surface area contributed by atoms with E-state index in [1.54, 1.807) is 6.07 Å². The largest absolute Gasteiger partial charge is 0.494 e. The molecular weight excluding hydrogens is 344 g/mol. The van der Waals surface area contributed by atoms with Crippen molar-refractivity contribution in [2.75, 3.05) is 32.2 Å². The maximum Gasteiger partial charge on any atom is 0.241 e. The van der Waals surface area contributed by atoms with Crippen molar-refractivity contribution in [3.8, 4) is 17.2 Å². The Morgan fingerprint density at radius 3 is 2.56 bits per heavy atom. The summed E-state index contributed by atoms with van der Waals surface area (Å²) in [5.41, 5.74) is 1.82. The highest BCUT2D eigenvalue weighted by Crippen LogP contribution is 2.32. The number of carbonyl (C=O) groups is 1. The van der Waals surface area contributed by atoms with Gasteiger partial charge in [0.25, 0.3) is 0 Å². The second-order valence-electron chi connectivity index (χ2n) is 6.52. The Balaban J connectivity index is 1.57. The molecule has 3 rings (SSSR count). The summed E-state index contributed by atoms with van der Waals surface area (Å²) < 4.78 is 16.5. The summed E-state index contributed by atoms with van der Waals surface area (Å²) in [6.07, 6.45) is 0. The van der Waals surface area contributed by atoms with E-state index in [1.165, 1.54) is 0 Å². The zero-order chi connectivity index (χ0) is 19.2. The Hall–Kier alpha value is -2.73. The highest BCUT2D eigenvalue weighted by Gasteiger charge is 2.19. The number of ether oxygens (including phenoxy) is 3. The number of rotatable bonds is 7. The van der Waals surface area contributed by atoms with E-state index in [0.717, 1.165) is 11.3 Å². The van der Waals surface area contributed by atoms with Crippen molar-refractivity contribution >= 4 is 11.6 Å². The standard InChI is InChI=1S/C21H26N2O4/c1-4-25-18-8-5-16(6-9-18)14-23(3)15(2)21(24)22-17-7-10-19-20(13-17)27-12-11-26-19/h5-10,13,15H,4,11-12,14H2,1-3H3,(H,22,24)/t15-/m1/s1. The summed E-state index contributed by atoms with van der Waals surface area (Å²) >= 11 is 0. The second kappa shape index (κ2) is 8.77. The molecule has 0 fully saturated rings. The first kappa shape index (κ1) is 19.0. The molecular formula is C21H26N2O4. The van der Waals surface area contributed by atoms with Gasteiger partial charge >= 0.3 is 0 Å². The van der Waals surface area contributed by atoms with Crippen LogP contribution in [0.25, 0.3) is 0 Å². The van der Waals surface area contributed by atoms with Crippen LogP contribution in [0.15, 0.2) is 42.5 Å². The van der Waals surface area contributed by atoms with Crippen LogP contribution in [0, 0.1) is 0 Å². The molecule has 2 aromatic carbocycles. The summed E-state index contributed by atoms with van der Waals surface area (Å²) in [4.78, 5) is 14.6. The predicted octanol–water partition coefficient (Wildman–Crippen LogP) is 3.32. The summed E-state index contributed by atoms with van der Waals surface area (Å²) in [7, 11) is 1.94. The summed E-state index contributed by atoms with van der Waals surface area (Å²) in [5.74, 6) is 2.16. The Morgan fingerprint density at radius 2 is 1.85 bits per heavy atom. The maximum atomic E-state index is 12.6. The Morgan fingerprint density at radius 1 is 1.15 bits per heavy atom. The van der Waals surface area contributed by atoms with E-state index < -0.39 is 0 Å². The molecule has 0 unspecified atom stereocenters. The van der Waals surface area contributed by atoms with E-state index in [-0.39, 0.29) is 11.9 Å². The minimum Gasteiger partial charge on any atom is -0.494 e. The normalized spacial score (nSPS) is 13.9. The third-order valence-corrected chi connectivity index (χ3v) is 4.52. The molecule has 0 aromatic heterocycles. The molecule has 1 aliphatic rings. The fourth-order valence-corrected chi connectivity index (χ4v) is 2.85. The van der Waals surface area contributed by atoms with Crippen LogP contribution in [0.4, 0.5) is 5.69 Å². The van der Waals surface area contributed by atoms with Gasteiger partial charge in [-0.05, 0) is 50.7 Å². The van der Waals surface area contributed by atoms with Crippen LogP contribution in [0.2, 0.25) is 0 Å². The number of amides is 1. The molecule has 6 nitrogen and oxygen atoms in total. The first-order valence-corrected chi connectivity index (χ1v) is 9.19. The molecule has 27 heavy (non-hydrogen) atoms. The maximum absolute atomic E-state index is 12.6. The van der Waals surface area contributed by atoms with Crippen molar-refractivity contribution in [1.82, 2.24) is 4.90 Å². The zero-order valence-electron chi connectivity index (χ0n) is 16.0. The van der Waals surface area contributed by atoms with Gasteiger partial charge in [-0.25, -0.2) is 0 Å². The smallest absolute Gasteiger partial charge is 0.241 e. The molecule has 1 heterocycles. The number of hydrogen-bond donors (Lipinski definition) is 1. The number of benzene rings is 2. The molecule has 1 amide bonds. The van der Waals surface area contributed by atoms with Gasteiger partial charge in [0.2, 0.25) is 5.91 Å². The molecule has 0 saturated carbocycles. The quantitative estimate of drug-likeness (QED) is 0.810. The average molecular weight is 370 g/mol. The molecule has 0 radical (unpaired) electrons. The zero-order valence-corrected chi connectivity index (χ0v) is 16.0. The van der Waals surface area contributed by atoms with Gasteiger partial charge in [-0.15, -0.1) is 0 Å². The van der Waals surface area contributed by atoms with Crippen LogP contribution >= 0.6 is 0 Å². The van der Waals surface area contributed by atoms with E-state index in [0.29, 0.717) is 43.6 Å². The summed E-state index contributed by atoms with van der Waals surface area (Å²) in [6, 6.07) is 13.1. The number of anilines is 1. The Labute approximate surface area is 160 Å². The molecule has 144 valence electrons. The summed E-state index contributed by atoms with van der Waals surface area (Å²) in [5, 5.41) is 2.95. The van der Waals surface area contributed by atoms with Gasteiger partial charge in [0, 0.05) is 18.3 Å². The second-order valence-corrected chi connectivity index (χ2v) is 6.52. The lowest BCUT2D eigenvalue weighted by molar-refractivity contribution is -0.120. The third-order valence-electron chi connectivity index (χ3n) is 4.52. The van der Waals surface area contributed by atoms with Crippen LogP contribution in [0.1, 0.15) is 19.4 Å². The van der Waals surface area contributed by atoms with Crippen molar-refractivity contribution in [2.24, 2.45) is 0 Å². The number of carbonyl (C=O) groups excluding carboxylic acids is 1. The van der Waals surface area contributed by atoms with Crippen molar-refractivity contribution in [3.63, 3.8) is 0 Å². The lowest BCUT2D eigenvalue weighted by atomic mass is 10.1. The number of nitrogens with zero attached hydrogens (tertiary/aromatic N) is 1. The van der Waals surface area contributed by atoms with Crippen LogP contribution < -0.4 is 19.5 Å². The first-order valence-electron chi connectivity index (χ1n) is 9.19. The molecule has 1 atom stereocenters. The van der Waals surface area contributed by atoms with Crippen LogP contribution in [-0.2, 0) is 11.3 Å². The number of nitrogens with one attached hydrogen (secondary N) is 1. The van der Waals surface area contributed by atoms with Gasteiger partial charge in [0.05, 0.1) is 12.6 Å². The fourth-order valence-electron chi connectivity index (χ4n) is 2.85. The number of fused-ring (bicyclic) bond motifs is 1. The van der Waals surface area contributed by atoms with E-state index >= 15 is 0 Å². The van der Waals surface area contributed by atoms with Gasteiger partial charge < -0.3 is 19.5 Å². The van der Waals surface area contributed by atoms with Gasteiger partial charge in [-0.2, -0.15) is 0 Å². The third kappa shape index (κ3) is 4.92. The molecule has 6 heteroatoms. The molecule has 1 N–H and O–H groups in total. The minimum atomic E-state index is -0.287. The lowest BCUT2D eigenvalue weighted by Gasteiger charge is -2.24. The molecule has 2 aromatic rings. The van der Waals surface area contributed by atoms with Crippen molar-refractivity contribution in [2.45, 2.75) is 26.4 Å². The summed E-state index contributed by atoms with van der Waals surface area (Å²) in [6.45, 7) is 6.24.